The maximum atomic E-state index is 12.3. The van der Waals surface area contributed by atoms with Crippen LogP contribution in [-0.4, -0.2) is 20.1 Å². The van der Waals surface area contributed by atoms with Crippen molar-refractivity contribution < 1.29 is 14.3 Å². The van der Waals surface area contributed by atoms with Gasteiger partial charge in [-0.2, -0.15) is 0 Å². The van der Waals surface area contributed by atoms with E-state index in [1.54, 1.807) is 37.4 Å². The van der Waals surface area contributed by atoms with E-state index in [4.69, 9.17) is 21.1 Å². The lowest BCUT2D eigenvalue weighted by Crippen LogP contribution is -2.26. The van der Waals surface area contributed by atoms with E-state index in [2.05, 4.69) is 5.32 Å². The lowest BCUT2D eigenvalue weighted by atomic mass is 10.1. The van der Waals surface area contributed by atoms with E-state index in [1.165, 1.54) is 7.11 Å². The predicted octanol–water partition coefficient (Wildman–Crippen LogP) is 3.85. The van der Waals surface area contributed by atoms with Gasteiger partial charge in [0, 0.05) is 10.6 Å². The lowest BCUT2D eigenvalue weighted by molar-refractivity contribution is 0.0939. The Hall–Kier alpha value is -2.20. The number of hydrogen-bond donors (Lipinski definition) is 1. The fraction of sp³-hybridized carbons (Fsp3) is 0.235. The van der Waals surface area contributed by atoms with Crippen LogP contribution in [0.5, 0.6) is 11.5 Å². The Morgan fingerprint density at radius 1 is 1.05 bits per heavy atom. The van der Waals surface area contributed by atoms with Gasteiger partial charge in [-0.1, -0.05) is 23.7 Å². The topological polar surface area (TPSA) is 47.6 Å². The van der Waals surface area contributed by atoms with E-state index in [0.717, 1.165) is 5.56 Å². The summed E-state index contributed by atoms with van der Waals surface area (Å²) in [5.41, 5.74) is 1.50. The van der Waals surface area contributed by atoms with Crippen molar-refractivity contribution in [3.63, 3.8) is 0 Å². The first-order chi connectivity index (χ1) is 10.5. The standard InChI is InChI=1S/C17H18ClNO3/c1-11(12-4-7-14(18)8-5-12)19-17(20)13-6-9-15(21-2)16(10-13)22-3/h4-11H,1-3H3,(H,19,20)/t11-/m1/s1. The van der Waals surface area contributed by atoms with Crippen LogP contribution in [0.1, 0.15) is 28.9 Å². The van der Waals surface area contributed by atoms with E-state index >= 15 is 0 Å². The van der Waals surface area contributed by atoms with Crippen LogP contribution in [0.15, 0.2) is 42.5 Å². The summed E-state index contributed by atoms with van der Waals surface area (Å²) in [7, 11) is 3.09. The average Bonchev–Trinajstić information content (AvgIpc) is 2.54. The molecule has 1 amide bonds. The van der Waals surface area contributed by atoms with Crippen molar-refractivity contribution in [3.05, 3.63) is 58.6 Å². The number of carbonyl (C=O) groups is 1. The average molecular weight is 320 g/mol. The molecule has 5 heteroatoms. The van der Waals surface area contributed by atoms with Crippen molar-refractivity contribution in [2.45, 2.75) is 13.0 Å². The van der Waals surface area contributed by atoms with Gasteiger partial charge < -0.3 is 14.8 Å². The quantitative estimate of drug-likeness (QED) is 0.910. The van der Waals surface area contributed by atoms with Crippen LogP contribution in [0.3, 0.4) is 0 Å². The molecule has 116 valence electrons. The maximum absolute atomic E-state index is 12.3. The molecule has 0 aliphatic heterocycles. The summed E-state index contributed by atoms with van der Waals surface area (Å²) >= 11 is 5.87. The molecule has 0 aliphatic carbocycles. The second-order valence-electron chi connectivity index (χ2n) is 4.82. The van der Waals surface area contributed by atoms with Gasteiger partial charge in [0.05, 0.1) is 20.3 Å². The summed E-state index contributed by atoms with van der Waals surface area (Å²) in [5.74, 6) is 0.933. The summed E-state index contributed by atoms with van der Waals surface area (Å²) in [4.78, 5) is 12.3. The molecule has 0 bridgehead atoms. The monoisotopic (exact) mass is 319 g/mol. The number of amides is 1. The van der Waals surface area contributed by atoms with Crippen LogP contribution in [0, 0.1) is 0 Å². The van der Waals surface area contributed by atoms with Gasteiger partial charge in [0.1, 0.15) is 0 Å². The Bertz CT molecular complexity index is 655. The Labute approximate surface area is 135 Å². The first-order valence-corrected chi connectivity index (χ1v) is 7.21. The van der Waals surface area contributed by atoms with Crippen molar-refractivity contribution >= 4 is 17.5 Å². The molecule has 0 aliphatic rings. The van der Waals surface area contributed by atoms with Crippen LogP contribution in [0.4, 0.5) is 0 Å². The van der Waals surface area contributed by atoms with E-state index < -0.39 is 0 Å². The van der Waals surface area contributed by atoms with Crippen LogP contribution in [0.25, 0.3) is 0 Å². The molecular formula is C17H18ClNO3. The third-order valence-electron chi connectivity index (χ3n) is 3.36. The highest BCUT2D eigenvalue weighted by molar-refractivity contribution is 6.30. The van der Waals surface area contributed by atoms with Crippen LogP contribution in [-0.2, 0) is 0 Å². The van der Waals surface area contributed by atoms with E-state index in [-0.39, 0.29) is 11.9 Å². The minimum atomic E-state index is -0.177. The molecule has 2 aromatic carbocycles. The maximum Gasteiger partial charge on any atom is 0.251 e. The fourth-order valence-corrected chi connectivity index (χ4v) is 2.22. The van der Waals surface area contributed by atoms with Crippen LogP contribution < -0.4 is 14.8 Å². The van der Waals surface area contributed by atoms with Gasteiger partial charge in [-0.05, 0) is 42.8 Å². The molecule has 0 saturated heterocycles. The molecular weight excluding hydrogens is 302 g/mol. The van der Waals surface area contributed by atoms with Gasteiger partial charge in [-0.25, -0.2) is 0 Å². The van der Waals surface area contributed by atoms with E-state index in [0.29, 0.717) is 22.1 Å². The predicted molar refractivity (Wildman–Crippen MR) is 86.9 cm³/mol. The Balaban J connectivity index is 2.13. The van der Waals surface area contributed by atoms with Crippen molar-refractivity contribution in [1.29, 1.82) is 0 Å². The Morgan fingerprint density at radius 3 is 2.27 bits per heavy atom. The molecule has 2 rings (SSSR count). The smallest absolute Gasteiger partial charge is 0.251 e. The zero-order valence-corrected chi connectivity index (χ0v) is 13.5. The molecule has 0 saturated carbocycles. The molecule has 0 spiro atoms. The second kappa shape index (κ2) is 7.18. The molecule has 2 aromatic rings. The second-order valence-corrected chi connectivity index (χ2v) is 5.25. The molecule has 4 nitrogen and oxygen atoms in total. The molecule has 1 N–H and O–H groups in total. The molecule has 22 heavy (non-hydrogen) atoms. The number of halogens is 1. The molecule has 1 atom stereocenters. The van der Waals surface area contributed by atoms with Gasteiger partial charge in [0.15, 0.2) is 11.5 Å². The first kappa shape index (κ1) is 16.2. The number of benzene rings is 2. The van der Waals surface area contributed by atoms with Crippen LogP contribution >= 0.6 is 11.6 Å². The lowest BCUT2D eigenvalue weighted by Gasteiger charge is -2.15. The first-order valence-electron chi connectivity index (χ1n) is 6.83. The van der Waals surface area contributed by atoms with Gasteiger partial charge in [-0.15, -0.1) is 0 Å². The van der Waals surface area contributed by atoms with Crippen molar-refractivity contribution in [1.82, 2.24) is 5.32 Å². The van der Waals surface area contributed by atoms with Gasteiger partial charge in [-0.3, -0.25) is 4.79 Å². The molecule has 0 fully saturated rings. The highest BCUT2D eigenvalue weighted by Crippen LogP contribution is 2.27. The summed E-state index contributed by atoms with van der Waals surface area (Å²) < 4.78 is 10.4. The summed E-state index contributed by atoms with van der Waals surface area (Å²) in [6.07, 6.45) is 0. The Morgan fingerprint density at radius 2 is 1.68 bits per heavy atom. The van der Waals surface area contributed by atoms with E-state index in [9.17, 15) is 4.79 Å². The largest absolute Gasteiger partial charge is 0.493 e. The summed E-state index contributed by atoms with van der Waals surface area (Å²) in [5, 5.41) is 3.61. The number of ether oxygens (including phenoxy) is 2. The minimum Gasteiger partial charge on any atom is -0.493 e. The van der Waals surface area contributed by atoms with Gasteiger partial charge >= 0.3 is 0 Å². The fourth-order valence-electron chi connectivity index (χ4n) is 2.09. The third kappa shape index (κ3) is 3.71. The number of carbonyl (C=O) groups excluding carboxylic acids is 1. The summed E-state index contributed by atoms with van der Waals surface area (Å²) in [6, 6.07) is 12.3. The molecule has 0 heterocycles. The number of rotatable bonds is 5. The van der Waals surface area contributed by atoms with Gasteiger partial charge in [0.2, 0.25) is 0 Å². The molecule has 0 radical (unpaired) electrons. The minimum absolute atomic E-state index is 0.127. The van der Waals surface area contributed by atoms with Crippen molar-refractivity contribution in [2.24, 2.45) is 0 Å². The highest BCUT2D eigenvalue weighted by atomic mass is 35.5. The van der Waals surface area contributed by atoms with E-state index in [1.807, 2.05) is 19.1 Å². The summed E-state index contributed by atoms with van der Waals surface area (Å²) in [6.45, 7) is 1.92. The van der Waals surface area contributed by atoms with Crippen molar-refractivity contribution in [3.8, 4) is 11.5 Å². The van der Waals surface area contributed by atoms with Crippen molar-refractivity contribution in [2.75, 3.05) is 14.2 Å². The Kier molecular flexibility index (Phi) is 5.28. The van der Waals surface area contributed by atoms with Gasteiger partial charge in [0.25, 0.3) is 5.91 Å². The normalized spacial score (nSPS) is 11.6. The van der Waals surface area contributed by atoms with Crippen LogP contribution in [0.2, 0.25) is 5.02 Å². The highest BCUT2D eigenvalue weighted by Gasteiger charge is 2.14. The SMILES string of the molecule is COc1ccc(C(=O)N[C@H](C)c2ccc(Cl)cc2)cc1OC. The number of methoxy groups -OCH3 is 2. The number of nitrogens with one attached hydrogen (secondary N) is 1. The molecule has 0 aromatic heterocycles. The molecule has 0 unspecified atom stereocenters. The number of hydrogen-bond acceptors (Lipinski definition) is 3. The zero-order chi connectivity index (χ0) is 16.1. The third-order valence-corrected chi connectivity index (χ3v) is 3.62. The zero-order valence-electron chi connectivity index (χ0n) is 12.7.